The number of hydrogen-bond donors (Lipinski definition) is 1. The minimum Gasteiger partial charge on any atom is -0.330 e. The molecule has 1 atom stereocenters. The van der Waals surface area contributed by atoms with Crippen molar-refractivity contribution in [2.75, 3.05) is 26.2 Å². The molecular formula is C18H30N2. The molecule has 2 nitrogen and oxygen atoms in total. The van der Waals surface area contributed by atoms with Crippen molar-refractivity contribution < 1.29 is 0 Å². The van der Waals surface area contributed by atoms with Gasteiger partial charge in [0.2, 0.25) is 0 Å². The Morgan fingerprint density at radius 2 is 1.70 bits per heavy atom. The van der Waals surface area contributed by atoms with Crippen molar-refractivity contribution in [1.82, 2.24) is 4.90 Å². The molecule has 1 aliphatic rings. The smallest absolute Gasteiger partial charge is 0.00249 e. The summed E-state index contributed by atoms with van der Waals surface area (Å²) in [5.41, 5.74) is 8.85. The molecule has 1 unspecified atom stereocenters. The predicted octanol–water partition coefficient (Wildman–Crippen LogP) is 3.41. The van der Waals surface area contributed by atoms with Gasteiger partial charge < -0.3 is 10.6 Å². The normalized spacial score (nSPS) is 18.4. The third-order valence-electron chi connectivity index (χ3n) is 4.47. The van der Waals surface area contributed by atoms with Crippen LogP contribution in [0.15, 0.2) is 24.3 Å². The van der Waals surface area contributed by atoms with Crippen LogP contribution >= 0.6 is 0 Å². The minimum absolute atomic E-state index is 0.595. The zero-order valence-corrected chi connectivity index (χ0v) is 13.1. The maximum atomic E-state index is 5.99. The van der Waals surface area contributed by atoms with Crippen molar-refractivity contribution in [2.24, 2.45) is 11.7 Å². The lowest BCUT2D eigenvalue weighted by Gasteiger charge is -2.30. The molecule has 0 bridgehead atoms. The van der Waals surface area contributed by atoms with Gasteiger partial charge in [0, 0.05) is 6.54 Å². The summed E-state index contributed by atoms with van der Waals surface area (Å²) in [4.78, 5) is 2.60. The van der Waals surface area contributed by atoms with E-state index in [4.69, 9.17) is 5.73 Å². The van der Waals surface area contributed by atoms with Gasteiger partial charge in [0.25, 0.3) is 0 Å². The molecule has 2 rings (SSSR count). The summed E-state index contributed by atoms with van der Waals surface area (Å²) in [6.07, 6.45) is 5.24. The molecule has 1 aromatic carbocycles. The first-order valence-electron chi connectivity index (χ1n) is 8.20. The van der Waals surface area contributed by atoms with Gasteiger partial charge >= 0.3 is 0 Å². The summed E-state index contributed by atoms with van der Waals surface area (Å²) in [5, 5.41) is 0. The Labute approximate surface area is 124 Å². The highest BCUT2D eigenvalue weighted by atomic mass is 15.1. The molecule has 1 heterocycles. The number of likely N-dealkylation sites (tertiary alicyclic amines) is 1. The van der Waals surface area contributed by atoms with E-state index in [1.165, 1.54) is 50.0 Å². The van der Waals surface area contributed by atoms with Crippen LogP contribution in [0.4, 0.5) is 0 Å². The molecule has 0 spiro atoms. The van der Waals surface area contributed by atoms with Crippen LogP contribution in [-0.2, 0) is 6.42 Å². The van der Waals surface area contributed by atoms with Gasteiger partial charge in [0.15, 0.2) is 0 Å². The SMILES string of the molecule is CC(C)c1ccc(CC(CN)CN2CCCCC2)cc1. The van der Waals surface area contributed by atoms with E-state index in [1.807, 2.05) is 0 Å². The second-order valence-corrected chi connectivity index (χ2v) is 6.56. The van der Waals surface area contributed by atoms with Crippen molar-refractivity contribution in [3.8, 4) is 0 Å². The Morgan fingerprint density at radius 3 is 2.25 bits per heavy atom. The molecule has 1 saturated heterocycles. The van der Waals surface area contributed by atoms with Crippen LogP contribution in [0.3, 0.4) is 0 Å². The van der Waals surface area contributed by atoms with Gasteiger partial charge in [0.1, 0.15) is 0 Å². The third-order valence-corrected chi connectivity index (χ3v) is 4.47. The molecule has 20 heavy (non-hydrogen) atoms. The van der Waals surface area contributed by atoms with Crippen LogP contribution < -0.4 is 5.73 Å². The van der Waals surface area contributed by atoms with Crippen molar-refractivity contribution >= 4 is 0 Å². The molecular weight excluding hydrogens is 244 g/mol. The van der Waals surface area contributed by atoms with Crippen molar-refractivity contribution in [1.29, 1.82) is 0 Å². The monoisotopic (exact) mass is 274 g/mol. The molecule has 2 heteroatoms. The third kappa shape index (κ3) is 4.60. The number of piperidine rings is 1. The van der Waals surface area contributed by atoms with E-state index in [2.05, 4.69) is 43.0 Å². The van der Waals surface area contributed by atoms with Gasteiger partial charge in [-0.25, -0.2) is 0 Å². The van der Waals surface area contributed by atoms with Crippen molar-refractivity contribution in [2.45, 2.75) is 45.4 Å². The van der Waals surface area contributed by atoms with Crippen LogP contribution in [0.1, 0.15) is 50.2 Å². The molecule has 2 N–H and O–H groups in total. The molecule has 1 aromatic rings. The summed E-state index contributed by atoms with van der Waals surface area (Å²) >= 11 is 0. The zero-order chi connectivity index (χ0) is 14.4. The molecule has 0 amide bonds. The fraction of sp³-hybridized carbons (Fsp3) is 0.667. The average Bonchev–Trinajstić information content (AvgIpc) is 2.48. The summed E-state index contributed by atoms with van der Waals surface area (Å²) in [7, 11) is 0. The number of benzene rings is 1. The minimum atomic E-state index is 0.595. The first-order chi connectivity index (χ1) is 9.69. The van der Waals surface area contributed by atoms with Gasteiger partial charge in [-0.2, -0.15) is 0 Å². The van der Waals surface area contributed by atoms with Crippen LogP contribution in [0.2, 0.25) is 0 Å². The van der Waals surface area contributed by atoms with Gasteiger partial charge in [-0.15, -0.1) is 0 Å². The fourth-order valence-electron chi connectivity index (χ4n) is 3.10. The van der Waals surface area contributed by atoms with Gasteiger partial charge in [-0.05, 0) is 61.9 Å². The Kier molecular flexibility index (Phi) is 6.06. The summed E-state index contributed by atoms with van der Waals surface area (Å²) in [6.45, 7) is 8.98. The Balaban J connectivity index is 1.88. The quantitative estimate of drug-likeness (QED) is 0.861. The first-order valence-corrected chi connectivity index (χ1v) is 8.20. The Morgan fingerprint density at radius 1 is 1.05 bits per heavy atom. The first kappa shape index (κ1) is 15.5. The van der Waals surface area contributed by atoms with Crippen molar-refractivity contribution in [3.05, 3.63) is 35.4 Å². The van der Waals surface area contributed by atoms with Gasteiger partial charge in [0.05, 0.1) is 0 Å². The highest BCUT2D eigenvalue weighted by molar-refractivity contribution is 5.25. The molecule has 0 saturated carbocycles. The topological polar surface area (TPSA) is 29.3 Å². The lowest BCUT2D eigenvalue weighted by molar-refractivity contribution is 0.196. The molecule has 112 valence electrons. The highest BCUT2D eigenvalue weighted by Crippen LogP contribution is 2.18. The number of hydrogen-bond acceptors (Lipinski definition) is 2. The molecule has 0 aliphatic carbocycles. The number of nitrogens with zero attached hydrogens (tertiary/aromatic N) is 1. The van der Waals surface area contributed by atoms with E-state index in [1.54, 1.807) is 0 Å². The highest BCUT2D eigenvalue weighted by Gasteiger charge is 2.16. The van der Waals surface area contributed by atoms with Crippen LogP contribution in [0, 0.1) is 5.92 Å². The predicted molar refractivity (Wildman–Crippen MR) is 87.1 cm³/mol. The van der Waals surface area contributed by atoms with E-state index in [0.29, 0.717) is 11.8 Å². The standard InChI is InChI=1S/C18H30N2/c1-15(2)18-8-6-16(7-9-18)12-17(13-19)14-20-10-4-3-5-11-20/h6-9,15,17H,3-5,10-14,19H2,1-2H3. The van der Waals surface area contributed by atoms with Gasteiger partial charge in [-0.1, -0.05) is 44.5 Å². The van der Waals surface area contributed by atoms with Crippen molar-refractivity contribution in [3.63, 3.8) is 0 Å². The van der Waals surface area contributed by atoms with Gasteiger partial charge in [-0.3, -0.25) is 0 Å². The van der Waals surface area contributed by atoms with E-state index >= 15 is 0 Å². The second-order valence-electron chi connectivity index (χ2n) is 6.56. The number of rotatable bonds is 6. The summed E-state index contributed by atoms with van der Waals surface area (Å²) < 4.78 is 0. The molecule has 0 radical (unpaired) electrons. The van der Waals surface area contributed by atoms with E-state index in [-0.39, 0.29) is 0 Å². The second kappa shape index (κ2) is 7.80. The van der Waals surface area contributed by atoms with E-state index in [9.17, 15) is 0 Å². The summed E-state index contributed by atoms with van der Waals surface area (Å²) in [5.74, 6) is 1.21. The summed E-state index contributed by atoms with van der Waals surface area (Å²) in [6, 6.07) is 9.12. The maximum absolute atomic E-state index is 5.99. The number of nitrogens with two attached hydrogens (primary N) is 1. The lowest BCUT2D eigenvalue weighted by atomic mass is 9.95. The average molecular weight is 274 g/mol. The maximum Gasteiger partial charge on any atom is 0.00249 e. The van der Waals surface area contributed by atoms with Crippen LogP contribution in [-0.4, -0.2) is 31.1 Å². The zero-order valence-electron chi connectivity index (χ0n) is 13.1. The largest absolute Gasteiger partial charge is 0.330 e. The Bertz CT molecular complexity index is 377. The molecule has 1 aliphatic heterocycles. The molecule has 0 aromatic heterocycles. The van der Waals surface area contributed by atoms with E-state index < -0.39 is 0 Å². The molecule has 1 fully saturated rings. The fourth-order valence-corrected chi connectivity index (χ4v) is 3.10. The van der Waals surface area contributed by atoms with Crippen LogP contribution in [0.5, 0.6) is 0 Å². The Hall–Kier alpha value is -0.860. The lowest BCUT2D eigenvalue weighted by Crippen LogP contribution is -2.37. The van der Waals surface area contributed by atoms with E-state index in [0.717, 1.165) is 13.0 Å². The van der Waals surface area contributed by atoms with Crippen LogP contribution in [0.25, 0.3) is 0 Å².